The standard InChI is InChI=1S/C18H19N3O2S/c22-14-9-13(10-14)15(8-12-4-2-1-3-5-12)19-17(23)16-11-21-6-7-24-18(21)20-16/h1-7,11,13-15,22H,8-10H2,(H,19,23)/t13?,14?,15-/m0/s1. The Hall–Kier alpha value is -2.18. The summed E-state index contributed by atoms with van der Waals surface area (Å²) in [4.78, 5) is 17.8. The van der Waals surface area contributed by atoms with Gasteiger partial charge in [0, 0.05) is 23.8 Å². The largest absolute Gasteiger partial charge is 0.393 e. The number of hydrogen-bond acceptors (Lipinski definition) is 4. The van der Waals surface area contributed by atoms with Gasteiger partial charge < -0.3 is 10.4 Å². The molecular weight excluding hydrogens is 322 g/mol. The number of aliphatic hydroxyl groups excluding tert-OH is 1. The molecule has 1 saturated carbocycles. The Balaban J connectivity index is 1.50. The van der Waals surface area contributed by atoms with E-state index in [0.29, 0.717) is 11.6 Å². The number of hydrogen-bond donors (Lipinski definition) is 2. The molecule has 0 spiro atoms. The van der Waals surface area contributed by atoms with Gasteiger partial charge in [-0.15, -0.1) is 11.3 Å². The summed E-state index contributed by atoms with van der Waals surface area (Å²) < 4.78 is 1.86. The molecule has 0 bridgehead atoms. The topological polar surface area (TPSA) is 66.6 Å². The third-order valence-corrected chi connectivity index (χ3v) is 5.43. The molecule has 0 radical (unpaired) electrons. The van der Waals surface area contributed by atoms with Crippen molar-refractivity contribution in [3.63, 3.8) is 0 Å². The van der Waals surface area contributed by atoms with Crippen molar-refractivity contribution in [2.24, 2.45) is 5.92 Å². The average molecular weight is 341 g/mol. The van der Waals surface area contributed by atoms with Crippen LogP contribution in [0.1, 0.15) is 28.9 Å². The summed E-state index contributed by atoms with van der Waals surface area (Å²) in [7, 11) is 0. The molecule has 0 aliphatic heterocycles. The van der Waals surface area contributed by atoms with Crippen molar-refractivity contribution < 1.29 is 9.90 Å². The smallest absolute Gasteiger partial charge is 0.271 e. The van der Waals surface area contributed by atoms with Crippen LogP contribution in [0.15, 0.2) is 48.1 Å². The number of imidazole rings is 1. The lowest BCUT2D eigenvalue weighted by Crippen LogP contribution is -2.48. The quantitative estimate of drug-likeness (QED) is 0.749. The molecule has 1 aromatic carbocycles. The summed E-state index contributed by atoms with van der Waals surface area (Å²) in [6, 6.07) is 10.2. The van der Waals surface area contributed by atoms with Crippen molar-refractivity contribution in [3.05, 3.63) is 59.4 Å². The first-order valence-corrected chi connectivity index (χ1v) is 9.02. The van der Waals surface area contributed by atoms with E-state index in [1.54, 1.807) is 6.20 Å². The Morgan fingerprint density at radius 2 is 2.17 bits per heavy atom. The van der Waals surface area contributed by atoms with E-state index in [4.69, 9.17) is 0 Å². The maximum Gasteiger partial charge on any atom is 0.271 e. The number of aliphatic hydroxyl groups is 1. The molecule has 6 heteroatoms. The predicted octanol–water partition coefficient (Wildman–Crippen LogP) is 2.51. The lowest BCUT2D eigenvalue weighted by atomic mass is 9.75. The number of rotatable bonds is 5. The third kappa shape index (κ3) is 3.07. The van der Waals surface area contributed by atoms with Crippen LogP contribution >= 0.6 is 11.3 Å². The number of fused-ring (bicyclic) bond motifs is 1. The van der Waals surface area contributed by atoms with E-state index in [9.17, 15) is 9.90 Å². The fraction of sp³-hybridized carbons (Fsp3) is 0.333. The molecule has 124 valence electrons. The molecule has 4 rings (SSSR count). The Bertz CT molecular complexity index is 808. The zero-order chi connectivity index (χ0) is 16.5. The van der Waals surface area contributed by atoms with Crippen LogP contribution in [0.25, 0.3) is 4.96 Å². The zero-order valence-corrected chi connectivity index (χ0v) is 13.9. The fourth-order valence-electron chi connectivity index (χ4n) is 3.24. The summed E-state index contributed by atoms with van der Waals surface area (Å²) in [6.45, 7) is 0. The van der Waals surface area contributed by atoms with Crippen LogP contribution in [-0.4, -0.2) is 32.5 Å². The van der Waals surface area contributed by atoms with Gasteiger partial charge in [0.1, 0.15) is 5.69 Å². The molecule has 2 aromatic heterocycles. The lowest BCUT2D eigenvalue weighted by molar-refractivity contribution is 0.0239. The van der Waals surface area contributed by atoms with Gasteiger partial charge in [0.05, 0.1) is 6.10 Å². The summed E-state index contributed by atoms with van der Waals surface area (Å²) in [5.41, 5.74) is 1.63. The van der Waals surface area contributed by atoms with Crippen LogP contribution < -0.4 is 5.32 Å². The van der Waals surface area contributed by atoms with Gasteiger partial charge in [0.2, 0.25) is 0 Å². The van der Waals surface area contributed by atoms with Gasteiger partial charge >= 0.3 is 0 Å². The van der Waals surface area contributed by atoms with Crippen molar-refractivity contribution >= 4 is 22.2 Å². The normalized spacial score (nSPS) is 21.4. The van der Waals surface area contributed by atoms with E-state index >= 15 is 0 Å². The number of thiazole rings is 1. The molecule has 0 unspecified atom stereocenters. The third-order valence-electron chi connectivity index (χ3n) is 4.66. The lowest BCUT2D eigenvalue weighted by Gasteiger charge is -2.38. The van der Waals surface area contributed by atoms with Crippen LogP contribution in [0.3, 0.4) is 0 Å². The first-order chi connectivity index (χ1) is 11.7. The van der Waals surface area contributed by atoms with E-state index in [1.165, 1.54) is 16.9 Å². The highest BCUT2D eigenvalue weighted by Crippen LogP contribution is 2.32. The summed E-state index contributed by atoms with van der Waals surface area (Å²) in [5.74, 6) is 0.168. The van der Waals surface area contributed by atoms with Crippen LogP contribution in [0.2, 0.25) is 0 Å². The van der Waals surface area contributed by atoms with Crippen molar-refractivity contribution in [2.45, 2.75) is 31.4 Å². The van der Waals surface area contributed by atoms with Crippen LogP contribution in [-0.2, 0) is 6.42 Å². The number of amides is 1. The van der Waals surface area contributed by atoms with E-state index in [0.717, 1.165) is 24.2 Å². The number of benzene rings is 1. The molecule has 1 atom stereocenters. The van der Waals surface area contributed by atoms with Gasteiger partial charge in [-0.25, -0.2) is 4.98 Å². The van der Waals surface area contributed by atoms with Gasteiger partial charge in [-0.2, -0.15) is 0 Å². The van der Waals surface area contributed by atoms with Crippen LogP contribution in [0.4, 0.5) is 0 Å². The monoisotopic (exact) mass is 341 g/mol. The fourth-order valence-corrected chi connectivity index (χ4v) is 3.94. The highest BCUT2D eigenvalue weighted by molar-refractivity contribution is 7.15. The molecule has 24 heavy (non-hydrogen) atoms. The molecule has 2 N–H and O–H groups in total. The molecule has 1 amide bonds. The second-order valence-corrected chi connectivity index (χ2v) is 7.25. The molecule has 0 saturated heterocycles. The number of carbonyl (C=O) groups is 1. The SMILES string of the molecule is O=C(N[C@@H](Cc1ccccc1)C1CC(O)C1)c1cn2ccsc2n1. The van der Waals surface area contributed by atoms with Gasteiger partial charge in [-0.1, -0.05) is 30.3 Å². The molecule has 2 heterocycles. The van der Waals surface area contributed by atoms with E-state index < -0.39 is 0 Å². The van der Waals surface area contributed by atoms with Crippen molar-refractivity contribution in [1.29, 1.82) is 0 Å². The van der Waals surface area contributed by atoms with Crippen molar-refractivity contribution in [2.75, 3.05) is 0 Å². The summed E-state index contributed by atoms with van der Waals surface area (Å²) in [5, 5.41) is 14.7. The van der Waals surface area contributed by atoms with Crippen LogP contribution in [0.5, 0.6) is 0 Å². The second kappa shape index (κ2) is 6.37. The zero-order valence-electron chi connectivity index (χ0n) is 13.1. The Morgan fingerprint density at radius 1 is 1.38 bits per heavy atom. The molecule has 3 aromatic rings. The minimum Gasteiger partial charge on any atom is -0.393 e. The van der Waals surface area contributed by atoms with Crippen molar-refractivity contribution in [3.8, 4) is 0 Å². The van der Waals surface area contributed by atoms with Crippen molar-refractivity contribution in [1.82, 2.24) is 14.7 Å². The highest BCUT2D eigenvalue weighted by atomic mass is 32.1. The maximum atomic E-state index is 12.6. The van der Waals surface area contributed by atoms with Gasteiger partial charge in [-0.3, -0.25) is 9.20 Å². The molecule has 1 fully saturated rings. The molecule has 5 nitrogen and oxygen atoms in total. The van der Waals surface area contributed by atoms with E-state index in [1.807, 2.05) is 34.2 Å². The Labute approximate surface area is 144 Å². The number of nitrogens with zero attached hydrogens (tertiary/aromatic N) is 2. The molecule has 1 aliphatic carbocycles. The summed E-state index contributed by atoms with van der Waals surface area (Å²) in [6.07, 6.45) is 5.69. The number of carbonyl (C=O) groups excluding carboxylic acids is 1. The first kappa shape index (κ1) is 15.4. The van der Waals surface area contributed by atoms with Gasteiger partial charge in [0.15, 0.2) is 4.96 Å². The van der Waals surface area contributed by atoms with Crippen LogP contribution in [0, 0.1) is 5.92 Å². The first-order valence-electron chi connectivity index (χ1n) is 8.14. The maximum absolute atomic E-state index is 12.6. The average Bonchev–Trinajstić information content (AvgIpc) is 3.14. The predicted molar refractivity (Wildman–Crippen MR) is 93.2 cm³/mol. The molecular formula is C18H19N3O2S. The summed E-state index contributed by atoms with van der Waals surface area (Å²) >= 11 is 1.51. The second-order valence-electron chi connectivity index (χ2n) is 6.37. The Morgan fingerprint density at radius 3 is 2.88 bits per heavy atom. The minimum atomic E-state index is -0.233. The highest BCUT2D eigenvalue weighted by Gasteiger charge is 2.35. The number of nitrogens with one attached hydrogen (secondary N) is 1. The minimum absolute atomic E-state index is 0.0167. The van der Waals surface area contributed by atoms with E-state index in [-0.39, 0.29) is 18.1 Å². The van der Waals surface area contributed by atoms with Gasteiger partial charge in [0.25, 0.3) is 5.91 Å². The molecule has 1 aliphatic rings. The Kier molecular flexibility index (Phi) is 4.08. The van der Waals surface area contributed by atoms with Gasteiger partial charge in [-0.05, 0) is 30.7 Å². The number of aromatic nitrogens is 2. The van der Waals surface area contributed by atoms with E-state index in [2.05, 4.69) is 22.4 Å².